The second-order valence-electron chi connectivity index (χ2n) is 9.60. The summed E-state index contributed by atoms with van der Waals surface area (Å²) in [6.45, 7) is -0.879. The molecule has 10 N–H and O–H groups in total. The number of anilines is 2. The van der Waals surface area contributed by atoms with E-state index in [9.17, 15) is 30.0 Å². The Morgan fingerprint density at radius 1 is 0.881 bits per heavy atom. The number of aliphatic hydroxyl groups excluding tert-OH is 6. The maximum Gasteiger partial charge on any atom is 0.282 e. The molecule has 0 aliphatic carbocycles. The van der Waals surface area contributed by atoms with Crippen molar-refractivity contribution >= 4 is 34.2 Å². The van der Waals surface area contributed by atoms with Crippen LogP contribution in [-0.2, 0) is 16.5 Å². The van der Waals surface area contributed by atoms with Gasteiger partial charge in [0.1, 0.15) is 36.6 Å². The van der Waals surface area contributed by atoms with E-state index in [1.165, 1.54) is 28.8 Å². The summed E-state index contributed by atoms with van der Waals surface area (Å²) in [6.07, 6.45) is -6.29. The van der Waals surface area contributed by atoms with E-state index in [1.54, 1.807) is 7.05 Å². The predicted octanol–water partition coefficient (Wildman–Crippen LogP) is -4.90. The first-order valence-electron chi connectivity index (χ1n) is 12.6. The highest BCUT2D eigenvalue weighted by Gasteiger charge is 2.45. The van der Waals surface area contributed by atoms with Crippen LogP contribution in [0, 0.1) is 0 Å². The average molecular weight is 595 g/mol. The molecule has 42 heavy (non-hydrogen) atoms. The number of ether oxygens (including phenoxy) is 2. The van der Waals surface area contributed by atoms with E-state index in [1.807, 2.05) is 0 Å². The quantitative estimate of drug-likeness (QED) is 0.105. The third-order valence-electron chi connectivity index (χ3n) is 7.09. The van der Waals surface area contributed by atoms with Gasteiger partial charge in [-0.3, -0.25) is 28.3 Å². The lowest BCUT2D eigenvalue weighted by Gasteiger charge is -2.16. The van der Waals surface area contributed by atoms with E-state index in [-0.39, 0.29) is 34.2 Å². The van der Waals surface area contributed by atoms with Crippen LogP contribution in [0.15, 0.2) is 22.2 Å². The molecule has 6 heterocycles. The molecule has 4 aromatic rings. The molecule has 0 bridgehead atoms. The summed E-state index contributed by atoms with van der Waals surface area (Å²) in [5, 5.41) is 60.5. The number of aromatic nitrogens is 8. The Balaban J connectivity index is 0.000000168. The molecule has 0 amide bonds. The molecule has 2 aliphatic heterocycles. The van der Waals surface area contributed by atoms with E-state index in [2.05, 4.69) is 30.2 Å². The minimum Gasteiger partial charge on any atom is -0.394 e. The maximum absolute atomic E-state index is 12.0. The van der Waals surface area contributed by atoms with Gasteiger partial charge in [-0.1, -0.05) is 0 Å². The molecular weight excluding hydrogens is 564 g/mol. The van der Waals surface area contributed by atoms with Crippen LogP contribution >= 0.6 is 0 Å². The van der Waals surface area contributed by atoms with Gasteiger partial charge in [0.15, 0.2) is 34.8 Å². The van der Waals surface area contributed by atoms with Gasteiger partial charge in [-0.15, -0.1) is 0 Å². The Morgan fingerprint density at radius 2 is 1.38 bits per heavy atom. The second-order valence-corrected chi connectivity index (χ2v) is 9.60. The molecular formula is C22H30N10O10. The van der Waals surface area contributed by atoms with Gasteiger partial charge >= 0.3 is 0 Å². The lowest BCUT2D eigenvalue weighted by Crippen LogP contribution is -2.33. The Labute approximate surface area is 234 Å². The van der Waals surface area contributed by atoms with Crippen LogP contribution in [0.2, 0.25) is 0 Å². The van der Waals surface area contributed by atoms with Crippen molar-refractivity contribution in [2.45, 2.75) is 49.1 Å². The monoisotopic (exact) mass is 594 g/mol. The molecule has 2 saturated heterocycles. The fourth-order valence-corrected chi connectivity index (χ4v) is 4.70. The molecule has 4 aromatic heterocycles. The molecule has 0 radical (unpaired) electrons. The zero-order valence-corrected chi connectivity index (χ0v) is 22.2. The molecule has 6 rings (SSSR count). The van der Waals surface area contributed by atoms with Gasteiger partial charge in [-0.25, -0.2) is 9.97 Å². The number of nitrogen functional groups attached to an aromatic ring is 1. The van der Waals surface area contributed by atoms with Crippen LogP contribution in [0.25, 0.3) is 22.3 Å². The van der Waals surface area contributed by atoms with Crippen LogP contribution in [0.3, 0.4) is 0 Å². The lowest BCUT2D eigenvalue weighted by atomic mass is 10.1. The molecule has 0 spiro atoms. The molecule has 2 fully saturated rings. The predicted molar refractivity (Wildman–Crippen MR) is 141 cm³/mol. The van der Waals surface area contributed by atoms with Gasteiger partial charge < -0.3 is 51.2 Å². The molecule has 8 atom stereocenters. The third kappa shape index (κ3) is 4.78. The summed E-state index contributed by atoms with van der Waals surface area (Å²) in [6, 6.07) is 0. The van der Waals surface area contributed by atoms with Gasteiger partial charge in [-0.05, 0) is 0 Å². The fourth-order valence-electron chi connectivity index (χ4n) is 4.70. The Bertz CT molecular complexity index is 1700. The Kier molecular flexibility index (Phi) is 7.96. The van der Waals surface area contributed by atoms with Crippen molar-refractivity contribution in [1.29, 1.82) is 0 Å². The molecule has 0 saturated carbocycles. The largest absolute Gasteiger partial charge is 0.394 e. The number of nitrogens with one attached hydrogen (secondary N) is 2. The first-order valence-corrected chi connectivity index (χ1v) is 12.6. The van der Waals surface area contributed by atoms with Crippen molar-refractivity contribution in [1.82, 2.24) is 38.6 Å². The molecule has 20 nitrogen and oxygen atoms in total. The average Bonchev–Trinajstić information content (AvgIpc) is 3.73. The summed E-state index contributed by atoms with van der Waals surface area (Å²) < 4.78 is 14.6. The zero-order chi connectivity index (χ0) is 30.5. The highest BCUT2D eigenvalue weighted by Crippen LogP contribution is 2.32. The summed E-state index contributed by atoms with van der Waals surface area (Å²) in [5.41, 5.74) is 5.30. The van der Waals surface area contributed by atoms with Crippen molar-refractivity contribution in [2.75, 3.05) is 31.3 Å². The van der Waals surface area contributed by atoms with Crippen LogP contribution in [0.1, 0.15) is 12.5 Å². The summed E-state index contributed by atoms with van der Waals surface area (Å²) >= 11 is 0. The van der Waals surface area contributed by atoms with Crippen molar-refractivity contribution < 1.29 is 40.1 Å². The Hall–Kier alpha value is -4.02. The first-order chi connectivity index (χ1) is 20.0. The van der Waals surface area contributed by atoms with Gasteiger partial charge in [0.2, 0.25) is 11.9 Å². The molecule has 0 unspecified atom stereocenters. The van der Waals surface area contributed by atoms with Crippen LogP contribution in [0.4, 0.5) is 11.9 Å². The number of aliphatic hydroxyl groups is 6. The number of hydrogen-bond acceptors (Lipinski definition) is 16. The number of nitrogens with zero attached hydrogens (tertiary/aromatic N) is 7. The number of imidazole rings is 2. The topological polar surface area (TPSA) is 294 Å². The molecule has 2 aliphatic rings. The van der Waals surface area contributed by atoms with Crippen molar-refractivity contribution in [2.24, 2.45) is 7.05 Å². The Morgan fingerprint density at radius 3 is 1.86 bits per heavy atom. The standard InChI is InChI=1S/2C11H15N5O5/c1-15-9(20)5-8(14-11(15)12)16(3-13-5)10-7(19)6(18)4(2-17)21-10;1-12-11-14-8-5(9(20)15-11)13-3-16(8)10-7(19)6(18)4(2-17)21-10/h3-4,6-7,10,17-19H,2H2,1H3,(H2,12,14);3-4,6-7,10,17-19H,2H2,1H3,(H2,12,14,15,20)/t2*4-,6-,7-,10-/m11/s1. The van der Waals surface area contributed by atoms with Crippen molar-refractivity contribution in [3.05, 3.63) is 33.4 Å². The number of H-pyrrole nitrogens is 1. The maximum atomic E-state index is 12.0. The zero-order valence-electron chi connectivity index (χ0n) is 22.2. The normalized spacial score (nSPS) is 29.2. The summed E-state index contributed by atoms with van der Waals surface area (Å²) in [4.78, 5) is 42.5. The second kappa shape index (κ2) is 11.3. The first kappa shape index (κ1) is 29.5. The van der Waals surface area contributed by atoms with E-state index < -0.39 is 73.4 Å². The van der Waals surface area contributed by atoms with Gasteiger partial charge in [-0.2, -0.15) is 9.97 Å². The van der Waals surface area contributed by atoms with E-state index in [4.69, 9.17) is 25.4 Å². The molecule has 0 aromatic carbocycles. The van der Waals surface area contributed by atoms with Crippen molar-refractivity contribution in [3.8, 4) is 0 Å². The van der Waals surface area contributed by atoms with Crippen LogP contribution in [0.5, 0.6) is 0 Å². The highest BCUT2D eigenvalue weighted by atomic mass is 16.6. The number of hydrogen-bond donors (Lipinski definition) is 9. The summed E-state index contributed by atoms with van der Waals surface area (Å²) in [5.74, 6) is 0.224. The SMILES string of the molecule is CNc1nc2c(ncn2[C@@H]2O[C@H](CO)[C@@H](O)[C@H]2O)c(=O)[nH]1.Cn1c(N)nc2c(ncn2[C@@H]2O[C@H](CO)[C@@H](O)[C@H]2O)c1=O. The third-order valence-corrected chi connectivity index (χ3v) is 7.09. The van der Waals surface area contributed by atoms with Crippen LogP contribution in [-0.4, -0.2) is 126 Å². The van der Waals surface area contributed by atoms with E-state index >= 15 is 0 Å². The molecule has 228 valence electrons. The minimum absolute atomic E-state index is 0.0130. The van der Waals surface area contributed by atoms with E-state index in [0.717, 1.165) is 4.57 Å². The number of rotatable bonds is 5. The number of aromatic amines is 1. The summed E-state index contributed by atoms with van der Waals surface area (Å²) in [7, 11) is 3.06. The van der Waals surface area contributed by atoms with Gasteiger partial charge in [0, 0.05) is 14.1 Å². The van der Waals surface area contributed by atoms with Gasteiger partial charge in [0.05, 0.1) is 25.9 Å². The van der Waals surface area contributed by atoms with Crippen LogP contribution < -0.4 is 22.2 Å². The van der Waals surface area contributed by atoms with E-state index in [0.29, 0.717) is 0 Å². The van der Waals surface area contributed by atoms with Gasteiger partial charge in [0.25, 0.3) is 11.1 Å². The van der Waals surface area contributed by atoms with Crippen molar-refractivity contribution in [3.63, 3.8) is 0 Å². The number of nitrogens with two attached hydrogens (primary N) is 1. The molecule has 20 heteroatoms. The highest BCUT2D eigenvalue weighted by molar-refractivity contribution is 5.71. The smallest absolute Gasteiger partial charge is 0.282 e. The minimum atomic E-state index is -1.29. The lowest BCUT2D eigenvalue weighted by molar-refractivity contribution is -0.0511. The number of fused-ring (bicyclic) bond motifs is 2. The fraction of sp³-hybridized carbons (Fsp3) is 0.545.